The summed E-state index contributed by atoms with van der Waals surface area (Å²) in [7, 11) is -3.20. The molecule has 1 aliphatic rings. The van der Waals surface area contributed by atoms with Gasteiger partial charge in [-0.1, -0.05) is 12.1 Å². The molecule has 0 atom stereocenters. The second-order valence-electron chi connectivity index (χ2n) is 6.29. The molecule has 0 saturated carbocycles. The van der Waals surface area contributed by atoms with Gasteiger partial charge in [0.25, 0.3) is 0 Å². The molecule has 10 heteroatoms. The average Bonchev–Trinajstić information content (AvgIpc) is 3.01. The van der Waals surface area contributed by atoms with Crippen molar-refractivity contribution in [1.82, 2.24) is 24.4 Å². The van der Waals surface area contributed by atoms with Gasteiger partial charge in [-0.3, -0.25) is 5.10 Å². The highest BCUT2D eigenvalue weighted by atomic mass is 32.2. The van der Waals surface area contributed by atoms with E-state index in [0.29, 0.717) is 38.3 Å². The minimum Gasteiger partial charge on any atom is -0.322 e. The number of rotatable bonds is 4. The van der Waals surface area contributed by atoms with Gasteiger partial charge in [0.05, 0.1) is 6.26 Å². The second-order valence-corrected chi connectivity index (χ2v) is 8.27. The normalized spacial score (nSPS) is 15.8. The van der Waals surface area contributed by atoms with Gasteiger partial charge in [0.2, 0.25) is 10.0 Å². The number of aromatic nitrogens is 3. The number of hydrogen-bond acceptors (Lipinski definition) is 5. The third kappa shape index (κ3) is 4.58. The van der Waals surface area contributed by atoms with Gasteiger partial charge in [0.15, 0.2) is 5.82 Å². The Balaban J connectivity index is 1.53. The molecule has 2 aromatic rings. The molecule has 2 N–H and O–H groups in total. The van der Waals surface area contributed by atoms with Crippen LogP contribution in [0.25, 0.3) is 0 Å². The Morgan fingerprint density at radius 3 is 2.38 bits per heavy atom. The van der Waals surface area contributed by atoms with Crippen LogP contribution in [0.15, 0.2) is 24.3 Å². The molecule has 1 aromatic carbocycles. The topological polar surface area (TPSA) is 111 Å². The Bertz CT molecular complexity index is 870. The number of aromatic amines is 1. The van der Waals surface area contributed by atoms with Crippen LogP contribution in [0.5, 0.6) is 0 Å². The maximum atomic E-state index is 12.3. The van der Waals surface area contributed by atoms with Gasteiger partial charge in [0.1, 0.15) is 5.82 Å². The van der Waals surface area contributed by atoms with E-state index in [4.69, 9.17) is 0 Å². The zero-order valence-corrected chi connectivity index (χ0v) is 15.6. The summed E-state index contributed by atoms with van der Waals surface area (Å²) in [5, 5.41) is 9.76. The van der Waals surface area contributed by atoms with Gasteiger partial charge in [0, 0.05) is 38.3 Å². The zero-order valence-electron chi connectivity index (χ0n) is 14.8. The molecule has 1 saturated heterocycles. The summed E-state index contributed by atoms with van der Waals surface area (Å²) >= 11 is 0. The molecule has 1 aliphatic heterocycles. The standard InChI is InChI=1S/C16H22N6O3S/c1-12-17-15(20-19-12)11-13-3-5-14(6-4-13)18-16(23)21-7-9-22(10-8-21)26(2,24)25/h3-6H,7-11H2,1-2H3,(H,18,23)(H,17,19,20). The number of nitrogens with one attached hydrogen (secondary N) is 2. The molecule has 0 spiro atoms. The Morgan fingerprint density at radius 1 is 1.19 bits per heavy atom. The molecule has 2 amide bonds. The minimum atomic E-state index is -3.20. The number of urea groups is 1. The molecule has 1 aromatic heterocycles. The lowest BCUT2D eigenvalue weighted by Gasteiger charge is -2.33. The minimum absolute atomic E-state index is 0.226. The maximum absolute atomic E-state index is 12.3. The largest absolute Gasteiger partial charge is 0.322 e. The molecular formula is C16H22N6O3S. The van der Waals surface area contributed by atoms with Crippen molar-refractivity contribution in [3.8, 4) is 0 Å². The van der Waals surface area contributed by atoms with Gasteiger partial charge in [-0.2, -0.15) is 9.40 Å². The van der Waals surface area contributed by atoms with Crippen LogP contribution in [0.1, 0.15) is 17.2 Å². The second kappa shape index (κ2) is 7.42. The van der Waals surface area contributed by atoms with Crippen LogP contribution in [0.4, 0.5) is 10.5 Å². The summed E-state index contributed by atoms with van der Waals surface area (Å²) in [6.07, 6.45) is 1.80. The van der Waals surface area contributed by atoms with Crippen LogP contribution in [0, 0.1) is 6.92 Å². The molecule has 140 valence electrons. The third-order valence-electron chi connectivity index (χ3n) is 4.21. The first-order chi connectivity index (χ1) is 12.3. The van der Waals surface area contributed by atoms with Crippen LogP contribution in [0.3, 0.4) is 0 Å². The van der Waals surface area contributed by atoms with E-state index in [0.717, 1.165) is 17.2 Å². The van der Waals surface area contributed by atoms with E-state index in [9.17, 15) is 13.2 Å². The zero-order chi connectivity index (χ0) is 18.7. The lowest BCUT2D eigenvalue weighted by Crippen LogP contribution is -2.51. The van der Waals surface area contributed by atoms with Gasteiger partial charge in [-0.05, 0) is 24.6 Å². The fourth-order valence-electron chi connectivity index (χ4n) is 2.78. The monoisotopic (exact) mass is 378 g/mol. The van der Waals surface area contributed by atoms with E-state index in [1.54, 1.807) is 4.90 Å². The Kier molecular flexibility index (Phi) is 5.23. The highest BCUT2D eigenvalue weighted by Crippen LogP contribution is 2.14. The van der Waals surface area contributed by atoms with Gasteiger partial charge < -0.3 is 10.2 Å². The van der Waals surface area contributed by atoms with Crippen LogP contribution >= 0.6 is 0 Å². The summed E-state index contributed by atoms with van der Waals surface area (Å²) < 4.78 is 24.4. The van der Waals surface area contributed by atoms with E-state index >= 15 is 0 Å². The molecule has 9 nitrogen and oxygen atoms in total. The quantitative estimate of drug-likeness (QED) is 0.818. The number of amides is 2. The van der Waals surface area contributed by atoms with Crippen LogP contribution in [-0.2, 0) is 16.4 Å². The van der Waals surface area contributed by atoms with Crippen molar-refractivity contribution in [2.75, 3.05) is 37.8 Å². The maximum Gasteiger partial charge on any atom is 0.321 e. The average molecular weight is 378 g/mol. The number of H-pyrrole nitrogens is 1. The number of anilines is 1. The molecule has 0 radical (unpaired) electrons. The summed E-state index contributed by atoms with van der Waals surface area (Å²) in [6.45, 7) is 3.25. The molecule has 2 heterocycles. The number of sulfonamides is 1. The number of benzene rings is 1. The number of carbonyl (C=O) groups is 1. The molecule has 0 unspecified atom stereocenters. The van der Waals surface area contributed by atoms with E-state index in [-0.39, 0.29) is 6.03 Å². The van der Waals surface area contributed by atoms with Crippen molar-refractivity contribution in [3.63, 3.8) is 0 Å². The van der Waals surface area contributed by atoms with Crippen molar-refractivity contribution < 1.29 is 13.2 Å². The van der Waals surface area contributed by atoms with Gasteiger partial charge in [-0.25, -0.2) is 18.2 Å². The number of nitrogens with zero attached hydrogens (tertiary/aromatic N) is 4. The molecule has 26 heavy (non-hydrogen) atoms. The van der Waals surface area contributed by atoms with Crippen molar-refractivity contribution in [3.05, 3.63) is 41.5 Å². The van der Waals surface area contributed by atoms with Crippen molar-refractivity contribution in [1.29, 1.82) is 0 Å². The molecule has 0 aliphatic carbocycles. The number of aryl methyl sites for hydroxylation is 1. The van der Waals surface area contributed by atoms with Gasteiger partial charge in [-0.15, -0.1) is 0 Å². The first-order valence-electron chi connectivity index (χ1n) is 8.29. The highest BCUT2D eigenvalue weighted by molar-refractivity contribution is 7.88. The Labute approximate surface area is 152 Å². The molecule has 3 rings (SSSR count). The first-order valence-corrected chi connectivity index (χ1v) is 10.1. The Morgan fingerprint density at radius 2 is 1.85 bits per heavy atom. The Hall–Kier alpha value is -2.46. The van der Waals surface area contributed by atoms with Crippen LogP contribution < -0.4 is 5.32 Å². The number of piperazine rings is 1. The number of carbonyl (C=O) groups excluding carboxylic acids is 1. The lowest BCUT2D eigenvalue weighted by atomic mass is 10.1. The smallest absolute Gasteiger partial charge is 0.321 e. The SMILES string of the molecule is Cc1nc(Cc2ccc(NC(=O)N3CCN(S(C)(=O)=O)CC3)cc2)n[nH]1. The first kappa shape index (κ1) is 18.3. The van der Waals surface area contributed by atoms with E-state index in [2.05, 4.69) is 20.5 Å². The third-order valence-corrected chi connectivity index (χ3v) is 5.51. The summed E-state index contributed by atoms with van der Waals surface area (Å²) in [5.41, 5.74) is 1.74. The predicted molar refractivity (Wildman–Crippen MR) is 97.4 cm³/mol. The van der Waals surface area contributed by atoms with Crippen LogP contribution in [0.2, 0.25) is 0 Å². The highest BCUT2D eigenvalue weighted by Gasteiger charge is 2.25. The van der Waals surface area contributed by atoms with Crippen molar-refractivity contribution in [2.45, 2.75) is 13.3 Å². The molecule has 0 bridgehead atoms. The van der Waals surface area contributed by atoms with E-state index < -0.39 is 10.0 Å². The van der Waals surface area contributed by atoms with E-state index in [1.807, 2.05) is 31.2 Å². The molecule has 1 fully saturated rings. The predicted octanol–water partition coefficient (Wildman–Crippen LogP) is 0.813. The fourth-order valence-corrected chi connectivity index (χ4v) is 3.61. The molecular weight excluding hydrogens is 356 g/mol. The lowest BCUT2D eigenvalue weighted by molar-refractivity contribution is 0.184. The van der Waals surface area contributed by atoms with Gasteiger partial charge >= 0.3 is 6.03 Å². The summed E-state index contributed by atoms with van der Waals surface area (Å²) in [6, 6.07) is 7.28. The fraction of sp³-hybridized carbons (Fsp3) is 0.438. The summed E-state index contributed by atoms with van der Waals surface area (Å²) in [5.74, 6) is 1.50. The number of hydrogen-bond donors (Lipinski definition) is 2. The van der Waals surface area contributed by atoms with Crippen molar-refractivity contribution in [2.24, 2.45) is 0 Å². The van der Waals surface area contributed by atoms with E-state index in [1.165, 1.54) is 10.6 Å². The van der Waals surface area contributed by atoms with Crippen LogP contribution in [-0.4, -0.2) is 71.3 Å². The van der Waals surface area contributed by atoms with Crippen molar-refractivity contribution >= 4 is 21.7 Å². The summed E-state index contributed by atoms with van der Waals surface area (Å²) in [4.78, 5) is 18.2.